The Kier molecular flexibility index (Phi) is 7.53. The predicted octanol–water partition coefficient (Wildman–Crippen LogP) is 1.14. The number of carboxylic acids is 2. The molecule has 0 aliphatic heterocycles. The third-order valence-electron chi connectivity index (χ3n) is 2.49. The van der Waals surface area contributed by atoms with Gasteiger partial charge in [-0.2, -0.15) is 8.42 Å². The van der Waals surface area contributed by atoms with Gasteiger partial charge in [-0.15, -0.1) is 0 Å². The minimum Gasteiger partial charge on any atom is -0.481 e. The van der Waals surface area contributed by atoms with Crippen LogP contribution in [0.25, 0.3) is 0 Å². The molecule has 0 aliphatic carbocycles. The maximum Gasteiger partial charge on any atom is 0.324 e. The van der Waals surface area contributed by atoms with Gasteiger partial charge >= 0.3 is 11.9 Å². The molecule has 1 unspecified atom stereocenters. The number of carboxylic acid groups (broad SMARTS) is 2. The molecule has 0 aliphatic rings. The maximum absolute atomic E-state index is 10.7. The highest BCUT2D eigenvalue weighted by molar-refractivity contribution is 7.87. The summed E-state index contributed by atoms with van der Waals surface area (Å²) in [5.41, 5.74) is 0. The molecule has 0 saturated carbocycles. The van der Waals surface area contributed by atoms with E-state index in [4.69, 9.17) is 14.8 Å². The Morgan fingerprint density at radius 1 is 0.944 bits per heavy atom. The van der Waals surface area contributed by atoms with E-state index in [1.165, 1.54) is 0 Å². The average molecular weight is 282 g/mol. The molecule has 8 heteroatoms. The monoisotopic (exact) mass is 282 g/mol. The lowest BCUT2D eigenvalue weighted by Crippen LogP contribution is -2.29. The Labute approximate surface area is 106 Å². The van der Waals surface area contributed by atoms with Crippen LogP contribution in [0.15, 0.2) is 0 Å². The summed E-state index contributed by atoms with van der Waals surface area (Å²) >= 11 is 0. The van der Waals surface area contributed by atoms with Gasteiger partial charge in [-0.3, -0.25) is 14.1 Å². The molecule has 0 aromatic carbocycles. The molecule has 0 amide bonds. The van der Waals surface area contributed by atoms with Gasteiger partial charge in [-0.25, -0.2) is 0 Å². The van der Waals surface area contributed by atoms with E-state index in [2.05, 4.69) is 0 Å². The van der Waals surface area contributed by atoms with E-state index in [0.29, 0.717) is 32.1 Å². The molecular weight excluding hydrogens is 264 g/mol. The van der Waals surface area contributed by atoms with Crippen LogP contribution in [0.2, 0.25) is 0 Å². The molecule has 0 bridgehead atoms. The van der Waals surface area contributed by atoms with Crippen LogP contribution < -0.4 is 0 Å². The van der Waals surface area contributed by atoms with Gasteiger partial charge < -0.3 is 10.2 Å². The second-order valence-corrected chi connectivity index (χ2v) is 5.64. The smallest absolute Gasteiger partial charge is 0.324 e. The van der Waals surface area contributed by atoms with E-state index in [-0.39, 0.29) is 12.8 Å². The highest BCUT2D eigenvalue weighted by Crippen LogP contribution is 2.13. The number of hydrogen-bond donors (Lipinski definition) is 3. The van der Waals surface area contributed by atoms with E-state index < -0.39 is 27.3 Å². The predicted molar refractivity (Wildman–Crippen MR) is 62.9 cm³/mol. The SMILES string of the molecule is O=C(O)CCCCCCCC(C(=O)O)S(=O)(=O)O. The molecule has 0 heterocycles. The molecule has 0 radical (unpaired) electrons. The lowest BCUT2D eigenvalue weighted by Gasteiger charge is -2.08. The zero-order valence-corrected chi connectivity index (χ0v) is 10.7. The van der Waals surface area contributed by atoms with Gasteiger partial charge in [0.15, 0.2) is 5.25 Å². The van der Waals surface area contributed by atoms with Crippen LogP contribution in [0.3, 0.4) is 0 Å². The second-order valence-electron chi connectivity index (χ2n) is 4.04. The molecule has 3 N–H and O–H groups in total. The number of aliphatic carboxylic acids is 2. The van der Waals surface area contributed by atoms with Gasteiger partial charge in [0.05, 0.1) is 0 Å². The summed E-state index contributed by atoms with van der Waals surface area (Å²) in [5, 5.41) is 15.2. The first-order valence-corrected chi connectivity index (χ1v) is 7.16. The van der Waals surface area contributed by atoms with Crippen molar-refractivity contribution in [3.05, 3.63) is 0 Å². The van der Waals surface area contributed by atoms with Crippen molar-refractivity contribution in [2.75, 3.05) is 0 Å². The highest BCUT2D eigenvalue weighted by atomic mass is 32.2. The Hall–Kier alpha value is -1.15. The molecule has 0 rings (SSSR count). The van der Waals surface area contributed by atoms with Crippen molar-refractivity contribution >= 4 is 22.1 Å². The fourth-order valence-corrected chi connectivity index (χ4v) is 2.26. The molecule has 0 aromatic heterocycles. The van der Waals surface area contributed by atoms with Crippen molar-refractivity contribution in [3.63, 3.8) is 0 Å². The van der Waals surface area contributed by atoms with Gasteiger partial charge in [0.2, 0.25) is 0 Å². The van der Waals surface area contributed by atoms with E-state index in [0.717, 1.165) is 0 Å². The van der Waals surface area contributed by atoms with Crippen molar-refractivity contribution in [1.82, 2.24) is 0 Å². The molecule has 1 atom stereocenters. The maximum atomic E-state index is 10.7. The normalized spacial score (nSPS) is 13.2. The van der Waals surface area contributed by atoms with E-state index in [1.807, 2.05) is 0 Å². The van der Waals surface area contributed by atoms with Gasteiger partial charge in [0.25, 0.3) is 10.1 Å². The topological polar surface area (TPSA) is 129 Å². The number of rotatable bonds is 10. The third-order valence-corrected chi connectivity index (χ3v) is 3.65. The highest BCUT2D eigenvalue weighted by Gasteiger charge is 2.29. The quantitative estimate of drug-likeness (QED) is 0.404. The van der Waals surface area contributed by atoms with E-state index in [1.54, 1.807) is 0 Å². The van der Waals surface area contributed by atoms with E-state index >= 15 is 0 Å². The van der Waals surface area contributed by atoms with Gasteiger partial charge in [-0.1, -0.05) is 25.7 Å². The first kappa shape index (κ1) is 16.9. The number of carbonyl (C=O) groups is 2. The van der Waals surface area contributed by atoms with Crippen LogP contribution in [0.5, 0.6) is 0 Å². The lowest BCUT2D eigenvalue weighted by molar-refractivity contribution is -0.138. The first-order valence-electron chi connectivity index (χ1n) is 5.66. The van der Waals surface area contributed by atoms with Crippen molar-refractivity contribution in [3.8, 4) is 0 Å². The lowest BCUT2D eigenvalue weighted by atomic mass is 10.1. The minimum absolute atomic E-state index is 0.1000. The largest absolute Gasteiger partial charge is 0.481 e. The summed E-state index contributed by atoms with van der Waals surface area (Å²) in [7, 11) is -4.55. The molecule has 106 valence electrons. The summed E-state index contributed by atoms with van der Waals surface area (Å²) in [6.07, 6.45) is 2.91. The number of unbranched alkanes of at least 4 members (excludes halogenated alkanes) is 4. The summed E-state index contributed by atoms with van der Waals surface area (Å²) in [5.74, 6) is -2.41. The van der Waals surface area contributed by atoms with Crippen molar-refractivity contribution in [1.29, 1.82) is 0 Å². The Morgan fingerprint density at radius 2 is 1.44 bits per heavy atom. The molecule has 0 spiro atoms. The molecule has 7 nitrogen and oxygen atoms in total. The van der Waals surface area contributed by atoms with Gasteiger partial charge in [0, 0.05) is 6.42 Å². The zero-order valence-electron chi connectivity index (χ0n) is 9.91. The van der Waals surface area contributed by atoms with E-state index in [9.17, 15) is 18.0 Å². The Balaban J connectivity index is 3.76. The Bertz CT molecular complexity index is 374. The first-order chi connectivity index (χ1) is 8.25. The van der Waals surface area contributed by atoms with Crippen LogP contribution in [0, 0.1) is 0 Å². The Morgan fingerprint density at radius 3 is 1.89 bits per heavy atom. The fourth-order valence-electron chi connectivity index (χ4n) is 1.54. The summed E-state index contributed by atoms with van der Waals surface area (Å²) < 4.78 is 30.1. The molecule has 0 aromatic rings. The fraction of sp³-hybridized carbons (Fsp3) is 0.800. The van der Waals surface area contributed by atoms with Gasteiger partial charge in [-0.05, 0) is 12.8 Å². The minimum atomic E-state index is -4.55. The zero-order chi connectivity index (χ0) is 14.2. The van der Waals surface area contributed by atoms with Crippen LogP contribution in [0.1, 0.15) is 44.9 Å². The van der Waals surface area contributed by atoms with Gasteiger partial charge in [0.1, 0.15) is 0 Å². The molecule has 0 fully saturated rings. The average Bonchev–Trinajstić information content (AvgIpc) is 2.18. The number of hydrogen-bond acceptors (Lipinski definition) is 4. The standard InChI is InChI=1S/C10H18O7S/c11-9(12)7-5-3-1-2-4-6-8(10(13)14)18(15,16)17/h8H,1-7H2,(H,11,12)(H,13,14)(H,15,16,17). The molecule has 18 heavy (non-hydrogen) atoms. The van der Waals surface area contributed by atoms with Crippen molar-refractivity contribution in [2.45, 2.75) is 50.2 Å². The molecular formula is C10H18O7S. The van der Waals surface area contributed by atoms with Crippen LogP contribution in [-0.2, 0) is 19.7 Å². The molecule has 0 saturated heterocycles. The van der Waals surface area contributed by atoms with Crippen LogP contribution in [0.4, 0.5) is 0 Å². The van der Waals surface area contributed by atoms with Crippen molar-refractivity contribution in [2.24, 2.45) is 0 Å². The second kappa shape index (κ2) is 8.04. The summed E-state index contributed by atoms with van der Waals surface area (Å²) in [6, 6.07) is 0. The van der Waals surface area contributed by atoms with Crippen LogP contribution in [-0.4, -0.2) is 40.4 Å². The summed E-state index contributed by atoms with van der Waals surface area (Å²) in [4.78, 5) is 20.8. The van der Waals surface area contributed by atoms with Crippen LogP contribution >= 0.6 is 0 Å². The summed E-state index contributed by atoms with van der Waals surface area (Å²) in [6.45, 7) is 0. The van der Waals surface area contributed by atoms with Crippen molar-refractivity contribution < 1.29 is 32.8 Å². The third kappa shape index (κ3) is 8.02.